The van der Waals surface area contributed by atoms with Gasteiger partial charge < -0.3 is 9.84 Å². The van der Waals surface area contributed by atoms with Gasteiger partial charge in [-0.1, -0.05) is 12.1 Å². The van der Waals surface area contributed by atoms with Gasteiger partial charge in [-0.05, 0) is 54.2 Å². The van der Waals surface area contributed by atoms with Crippen LogP contribution in [0.1, 0.15) is 35.6 Å². The first-order chi connectivity index (χ1) is 9.83. The van der Waals surface area contributed by atoms with Crippen molar-refractivity contribution in [1.82, 2.24) is 4.98 Å². The Morgan fingerprint density at radius 3 is 3.10 bits per heavy atom. The molecule has 0 fully saturated rings. The molecule has 104 valence electrons. The quantitative estimate of drug-likeness (QED) is 0.927. The van der Waals surface area contributed by atoms with Crippen molar-refractivity contribution in [3.8, 4) is 5.75 Å². The van der Waals surface area contributed by atoms with Crippen LogP contribution in [0.25, 0.3) is 0 Å². The largest absolute Gasteiger partial charge is 0.493 e. The third-order valence-electron chi connectivity index (χ3n) is 3.78. The first-order valence-electron chi connectivity index (χ1n) is 7.15. The molecule has 1 aliphatic carbocycles. The van der Waals surface area contributed by atoms with Crippen LogP contribution in [0.5, 0.6) is 5.75 Å². The average Bonchev–Trinajstić information content (AvgIpc) is 2.48. The first kappa shape index (κ1) is 13.1. The van der Waals surface area contributed by atoms with Crippen LogP contribution in [0, 0.1) is 0 Å². The molecule has 1 aromatic carbocycles. The van der Waals surface area contributed by atoms with Crippen molar-refractivity contribution in [3.63, 3.8) is 0 Å². The number of aliphatic hydroxyl groups is 1. The number of aryl methyl sites for hydroxylation is 1. The summed E-state index contributed by atoms with van der Waals surface area (Å²) in [5, 5.41) is 9.93. The van der Waals surface area contributed by atoms with Gasteiger partial charge in [-0.25, -0.2) is 0 Å². The summed E-state index contributed by atoms with van der Waals surface area (Å²) >= 11 is 0. The molecule has 3 heteroatoms. The summed E-state index contributed by atoms with van der Waals surface area (Å²) in [5.41, 5.74) is 3.47. The highest BCUT2D eigenvalue weighted by Crippen LogP contribution is 2.31. The van der Waals surface area contributed by atoms with E-state index >= 15 is 0 Å². The van der Waals surface area contributed by atoms with Crippen LogP contribution in [0.4, 0.5) is 0 Å². The summed E-state index contributed by atoms with van der Waals surface area (Å²) < 4.78 is 5.80. The van der Waals surface area contributed by atoms with Gasteiger partial charge in [0.15, 0.2) is 0 Å². The molecule has 1 aromatic heterocycles. The number of fused-ring (bicyclic) bond motifs is 1. The Morgan fingerprint density at radius 2 is 2.25 bits per heavy atom. The van der Waals surface area contributed by atoms with Gasteiger partial charge in [0, 0.05) is 18.8 Å². The summed E-state index contributed by atoms with van der Waals surface area (Å²) in [6, 6.07) is 10.0. The third kappa shape index (κ3) is 2.99. The standard InChI is InChI=1S/C17H19NO2/c19-17-5-1-4-14-11-15(6-7-16(14)17)20-10-8-13-3-2-9-18-12-13/h2-3,6-7,9,11-12,17,19H,1,4-5,8,10H2. The van der Waals surface area contributed by atoms with E-state index in [0.29, 0.717) is 6.61 Å². The van der Waals surface area contributed by atoms with Crippen molar-refractivity contribution >= 4 is 0 Å². The van der Waals surface area contributed by atoms with Crippen molar-refractivity contribution in [2.45, 2.75) is 31.8 Å². The SMILES string of the molecule is OC1CCCc2cc(OCCc3cccnc3)ccc21. The fourth-order valence-corrected chi connectivity index (χ4v) is 2.69. The summed E-state index contributed by atoms with van der Waals surface area (Å²) in [5.74, 6) is 0.891. The molecule has 2 aromatic rings. The van der Waals surface area contributed by atoms with E-state index < -0.39 is 0 Å². The number of ether oxygens (including phenoxy) is 1. The van der Waals surface area contributed by atoms with Crippen LogP contribution >= 0.6 is 0 Å². The monoisotopic (exact) mass is 269 g/mol. The van der Waals surface area contributed by atoms with Crippen LogP contribution in [0.15, 0.2) is 42.7 Å². The van der Waals surface area contributed by atoms with Crippen LogP contribution in [0.2, 0.25) is 0 Å². The Bertz CT molecular complexity index is 568. The van der Waals surface area contributed by atoms with Gasteiger partial charge in [-0.15, -0.1) is 0 Å². The van der Waals surface area contributed by atoms with Crippen LogP contribution in [0.3, 0.4) is 0 Å². The molecular weight excluding hydrogens is 250 g/mol. The molecule has 0 amide bonds. The molecule has 1 N–H and O–H groups in total. The molecule has 20 heavy (non-hydrogen) atoms. The van der Waals surface area contributed by atoms with E-state index in [1.807, 2.05) is 24.4 Å². The minimum absolute atomic E-state index is 0.303. The molecule has 3 nitrogen and oxygen atoms in total. The summed E-state index contributed by atoms with van der Waals surface area (Å²) in [4.78, 5) is 4.09. The molecule has 0 spiro atoms. The summed E-state index contributed by atoms with van der Waals surface area (Å²) in [6.07, 6.45) is 7.15. The van der Waals surface area contributed by atoms with Crippen LogP contribution < -0.4 is 4.74 Å². The second-order valence-corrected chi connectivity index (χ2v) is 5.23. The van der Waals surface area contributed by atoms with Gasteiger partial charge in [-0.2, -0.15) is 0 Å². The second-order valence-electron chi connectivity index (χ2n) is 5.23. The van der Waals surface area contributed by atoms with E-state index in [0.717, 1.165) is 37.0 Å². The van der Waals surface area contributed by atoms with E-state index in [-0.39, 0.29) is 6.10 Å². The highest BCUT2D eigenvalue weighted by atomic mass is 16.5. The molecule has 0 radical (unpaired) electrons. The van der Waals surface area contributed by atoms with E-state index in [1.54, 1.807) is 6.20 Å². The molecule has 1 unspecified atom stereocenters. The Hall–Kier alpha value is -1.87. The lowest BCUT2D eigenvalue weighted by Crippen LogP contribution is -2.09. The van der Waals surface area contributed by atoms with Gasteiger partial charge in [0.1, 0.15) is 5.75 Å². The Balaban J connectivity index is 1.61. The zero-order chi connectivity index (χ0) is 13.8. The fourth-order valence-electron chi connectivity index (χ4n) is 2.69. The molecule has 1 atom stereocenters. The van der Waals surface area contributed by atoms with Crippen LogP contribution in [-0.4, -0.2) is 16.7 Å². The predicted molar refractivity (Wildman–Crippen MR) is 77.8 cm³/mol. The fraction of sp³-hybridized carbons (Fsp3) is 0.353. The normalized spacial score (nSPS) is 17.6. The zero-order valence-electron chi connectivity index (χ0n) is 11.5. The molecule has 0 aliphatic heterocycles. The Labute approximate surface area is 119 Å². The van der Waals surface area contributed by atoms with E-state index in [1.165, 1.54) is 11.1 Å². The van der Waals surface area contributed by atoms with E-state index in [4.69, 9.17) is 4.74 Å². The van der Waals surface area contributed by atoms with E-state index in [9.17, 15) is 5.11 Å². The number of aliphatic hydroxyl groups excluding tert-OH is 1. The molecule has 3 rings (SSSR count). The lowest BCUT2D eigenvalue weighted by molar-refractivity contribution is 0.156. The van der Waals surface area contributed by atoms with Gasteiger partial charge in [0.25, 0.3) is 0 Å². The topological polar surface area (TPSA) is 42.4 Å². The van der Waals surface area contributed by atoms with Gasteiger partial charge in [-0.3, -0.25) is 4.98 Å². The maximum Gasteiger partial charge on any atom is 0.119 e. The lowest BCUT2D eigenvalue weighted by Gasteiger charge is -2.21. The molecule has 1 heterocycles. The van der Waals surface area contributed by atoms with Gasteiger partial charge in [0.05, 0.1) is 12.7 Å². The summed E-state index contributed by atoms with van der Waals surface area (Å²) in [6.45, 7) is 0.646. The number of hydrogen-bond donors (Lipinski definition) is 1. The van der Waals surface area contributed by atoms with Crippen molar-refractivity contribution in [3.05, 3.63) is 59.4 Å². The van der Waals surface area contributed by atoms with Crippen molar-refractivity contribution in [2.75, 3.05) is 6.61 Å². The maximum atomic E-state index is 9.93. The Kier molecular flexibility index (Phi) is 3.97. The zero-order valence-corrected chi connectivity index (χ0v) is 11.5. The first-order valence-corrected chi connectivity index (χ1v) is 7.15. The number of hydrogen-bond acceptors (Lipinski definition) is 3. The number of rotatable bonds is 4. The molecular formula is C17H19NO2. The van der Waals surface area contributed by atoms with Crippen molar-refractivity contribution in [2.24, 2.45) is 0 Å². The number of nitrogens with zero attached hydrogens (tertiary/aromatic N) is 1. The lowest BCUT2D eigenvalue weighted by atomic mass is 9.89. The van der Waals surface area contributed by atoms with Crippen molar-refractivity contribution < 1.29 is 9.84 Å². The minimum Gasteiger partial charge on any atom is -0.493 e. The minimum atomic E-state index is -0.303. The predicted octanol–water partition coefficient (Wildman–Crippen LogP) is 3.07. The molecule has 0 saturated heterocycles. The summed E-state index contributed by atoms with van der Waals surface area (Å²) in [7, 11) is 0. The average molecular weight is 269 g/mol. The van der Waals surface area contributed by atoms with Gasteiger partial charge in [0.2, 0.25) is 0 Å². The number of benzene rings is 1. The third-order valence-corrected chi connectivity index (χ3v) is 3.78. The molecule has 0 saturated carbocycles. The van der Waals surface area contributed by atoms with E-state index in [2.05, 4.69) is 17.1 Å². The van der Waals surface area contributed by atoms with Crippen molar-refractivity contribution in [1.29, 1.82) is 0 Å². The number of pyridine rings is 1. The highest BCUT2D eigenvalue weighted by Gasteiger charge is 2.17. The molecule has 0 bridgehead atoms. The number of aromatic nitrogens is 1. The molecule has 1 aliphatic rings. The maximum absolute atomic E-state index is 9.93. The van der Waals surface area contributed by atoms with Gasteiger partial charge >= 0.3 is 0 Å². The van der Waals surface area contributed by atoms with Crippen LogP contribution in [-0.2, 0) is 12.8 Å². The highest BCUT2D eigenvalue weighted by molar-refractivity contribution is 5.38. The Morgan fingerprint density at radius 1 is 1.30 bits per heavy atom. The smallest absolute Gasteiger partial charge is 0.119 e. The second kappa shape index (κ2) is 6.06.